The van der Waals surface area contributed by atoms with E-state index in [0.29, 0.717) is 16.3 Å². The second kappa shape index (κ2) is 9.02. The maximum atomic E-state index is 13.2. The van der Waals surface area contributed by atoms with Gasteiger partial charge in [0.25, 0.3) is 0 Å². The molecule has 0 amide bonds. The fraction of sp³-hybridized carbons (Fsp3) is 0.263. The van der Waals surface area contributed by atoms with Crippen LogP contribution in [0.1, 0.15) is 22.8 Å². The lowest BCUT2D eigenvalue weighted by Gasteiger charge is -2.10. The van der Waals surface area contributed by atoms with Crippen LogP contribution in [-0.2, 0) is 0 Å². The Labute approximate surface area is 156 Å². The summed E-state index contributed by atoms with van der Waals surface area (Å²) in [5, 5.41) is 0.436. The molecular weight excluding hydrogens is 359 g/mol. The lowest BCUT2D eigenvalue weighted by atomic mass is 10.0. The summed E-state index contributed by atoms with van der Waals surface area (Å²) in [5.41, 5.74) is 2.02. The molecule has 0 saturated carbocycles. The van der Waals surface area contributed by atoms with Crippen LogP contribution in [0.5, 0.6) is 0 Å². The molecular formula is C19H20ClFN2OS. The molecule has 0 radical (unpaired) electrons. The molecule has 0 unspecified atom stereocenters. The van der Waals surface area contributed by atoms with Gasteiger partial charge in [0.2, 0.25) is 0 Å². The Balaban J connectivity index is 2.12. The number of nitrogens with zero attached hydrogens (tertiary/aromatic N) is 2. The van der Waals surface area contributed by atoms with Crippen LogP contribution in [0.3, 0.4) is 0 Å². The lowest BCUT2D eigenvalue weighted by Crippen LogP contribution is -2.14. The third-order valence-corrected chi connectivity index (χ3v) is 4.95. The predicted octanol–water partition coefficient (Wildman–Crippen LogP) is 5.37. The number of hydrogen-bond donors (Lipinski definition) is 0. The van der Waals surface area contributed by atoms with Crippen LogP contribution in [0.25, 0.3) is 0 Å². The number of aliphatic imine (C=N–C) groups is 1. The maximum absolute atomic E-state index is 13.2. The first kappa shape index (κ1) is 19.5. The average Bonchev–Trinajstić information content (AvgIpc) is 2.59. The first-order valence-corrected chi connectivity index (χ1v) is 9.23. The van der Waals surface area contributed by atoms with Crippen molar-refractivity contribution in [2.75, 3.05) is 19.3 Å². The molecule has 3 nitrogen and oxygen atoms in total. The highest BCUT2D eigenvalue weighted by Gasteiger charge is 2.13. The minimum Gasteiger partial charge on any atom is -0.366 e. The average molecular weight is 379 g/mol. The van der Waals surface area contributed by atoms with E-state index in [-0.39, 0.29) is 17.4 Å². The maximum Gasteiger partial charge on any atom is 0.173 e. The van der Waals surface area contributed by atoms with Gasteiger partial charge < -0.3 is 4.90 Å². The van der Waals surface area contributed by atoms with Gasteiger partial charge in [-0.1, -0.05) is 17.7 Å². The third kappa shape index (κ3) is 5.58. The molecule has 0 fully saturated rings. The Morgan fingerprint density at radius 1 is 1.36 bits per heavy atom. The number of benzene rings is 2. The van der Waals surface area contributed by atoms with Gasteiger partial charge in [-0.15, -0.1) is 11.8 Å². The molecule has 2 rings (SSSR count). The van der Waals surface area contributed by atoms with E-state index in [1.54, 1.807) is 24.5 Å². The van der Waals surface area contributed by atoms with E-state index in [1.165, 1.54) is 23.9 Å². The summed E-state index contributed by atoms with van der Waals surface area (Å²) >= 11 is 7.57. The van der Waals surface area contributed by atoms with Gasteiger partial charge in [-0.05, 0) is 49.7 Å². The van der Waals surface area contributed by atoms with E-state index in [4.69, 9.17) is 11.6 Å². The molecule has 132 valence electrons. The van der Waals surface area contributed by atoms with Crippen LogP contribution in [0.15, 0.2) is 46.3 Å². The van der Waals surface area contributed by atoms with E-state index in [0.717, 1.165) is 17.0 Å². The fourth-order valence-corrected chi connectivity index (χ4v) is 3.13. The molecule has 2 aromatic rings. The van der Waals surface area contributed by atoms with E-state index in [9.17, 15) is 9.18 Å². The Morgan fingerprint density at radius 3 is 2.80 bits per heavy atom. The molecule has 0 N–H and O–H groups in total. The van der Waals surface area contributed by atoms with E-state index >= 15 is 0 Å². The Bertz CT molecular complexity index is 795. The van der Waals surface area contributed by atoms with Crippen molar-refractivity contribution >= 4 is 41.2 Å². The number of rotatable bonds is 7. The standard InChI is InChI=1S/C19H20ClFN2OS/c1-4-23(3)12-22-18-8-13(2)16(10-17(18)20)19(24)11-25-15-7-5-6-14(21)9-15/h5-10,12H,4,11H2,1-3H3. The summed E-state index contributed by atoms with van der Waals surface area (Å²) in [4.78, 5) is 19.5. The normalized spacial score (nSPS) is 11.1. The molecule has 0 aliphatic rings. The lowest BCUT2D eigenvalue weighted by molar-refractivity contribution is 0.102. The summed E-state index contributed by atoms with van der Waals surface area (Å²) in [5.74, 6) is -0.132. The zero-order valence-corrected chi connectivity index (χ0v) is 16.0. The number of carbonyl (C=O) groups excluding carboxylic acids is 1. The molecule has 0 aliphatic heterocycles. The number of ketones is 1. The van der Waals surface area contributed by atoms with Crippen LogP contribution in [-0.4, -0.2) is 36.4 Å². The monoisotopic (exact) mass is 378 g/mol. The van der Waals surface area contributed by atoms with Crippen molar-refractivity contribution in [3.63, 3.8) is 0 Å². The molecule has 6 heteroatoms. The van der Waals surface area contributed by atoms with Gasteiger partial charge in [-0.25, -0.2) is 9.38 Å². The number of hydrogen-bond acceptors (Lipinski definition) is 3. The van der Waals surface area contributed by atoms with Crippen LogP contribution < -0.4 is 0 Å². The van der Waals surface area contributed by atoms with Gasteiger partial charge in [0.15, 0.2) is 5.78 Å². The predicted molar refractivity (Wildman–Crippen MR) is 104 cm³/mol. The summed E-state index contributed by atoms with van der Waals surface area (Å²) in [6, 6.07) is 9.67. The topological polar surface area (TPSA) is 32.7 Å². The van der Waals surface area contributed by atoms with Gasteiger partial charge >= 0.3 is 0 Å². The van der Waals surface area contributed by atoms with Crippen LogP contribution in [0.4, 0.5) is 10.1 Å². The largest absolute Gasteiger partial charge is 0.366 e. The quantitative estimate of drug-likeness (QED) is 0.281. The summed E-state index contributed by atoms with van der Waals surface area (Å²) in [6.45, 7) is 4.73. The van der Waals surface area contributed by atoms with Crippen LogP contribution >= 0.6 is 23.4 Å². The second-order valence-electron chi connectivity index (χ2n) is 5.61. The van der Waals surface area contributed by atoms with E-state index < -0.39 is 0 Å². The van der Waals surface area contributed by atoms with Crippen molar-refractivity contribution < 1.29 is 9.18 Å². The summed E-state index contributed by atoms with van der Waals surface area (Å²) in [6.07, 6.45) is 1.71. The smallest absolute Gasteiger partial charge is 0.173 e. The molecule has 25 heavy (non-hydrogen) atoms. The number of carbonyl (C=O) groups is 1. The van der Waals surface area contributed by atoms with Gasteiger partial charge in [0.1, 0.15) is 5.82 Å². The number of thioether (sulfide) groups is 1. The van der Waals surface area contributed by atoms with Crippen molar-refractivity contribution in [1.29, 1.82) is 0 Å². The zero-order valence-electron chi connectivity index (χ0n) is 14.4. The van der Waals surface area contributed by atoms with Gasteiger partial charge in [0.05, 0.1) is 22.8 Å². The zero-order chi connectivity index (χ0) is 18.4. The number of aryl methyl sites for hydroxylation is 1. The number of Topliss-reactive ketones (excluding diaryl/α,β-unsaturated/α-hetero) is 1. The van der Waals surface area contributed by atoms with Crippen LogP contribution in [0, 0.1) is 12.7 Å². The van der Waals surface area contributed by atoms with Gasteiger partial charge in [-0.3, -0.25) is 4.79 Å². The molecule has 2 aromatic carbocycles. The van der Waals surface area contributed by atoms with Crippen LogP contribution in [0.2, 0.25) is 5.02 Å². The Morgan fingerprint density at radius 2 is 2.12 bits per heavy atom. The minimum absolute atomic E-state index is 0.0464. The van der Waals surface area contributed by atoms with Gasteiger partial charge in [0, 0.05) is 24.1 Å². The van der Waals surface area contributed by atoms with Crippen molar-refractivity contribution in [2.45, 2.75) is 18.7 Å². The van der Waals surface area contributed by atoms with Crippen molar-refractivity contribution in [3.05, 3.63) is 58.4 Å². The fourth-order valence-electron chi connectivity index (χ4n) is 2.09. The van der Waals surface area contributed by atoms with Crippen molar-refractivity contribution in [2.24, 2.45) is 4.99 Å². The highest BCUT2D eigenvalue weighted by molar-refractivity contribution is 8.00. The third-order valence-electron chi connectivity index (χ3n) is 3.65. The molecule has 0 saturated heterocycles. The first-order chi connectivity index (χ1) is 11.9. The molecule has 0 bridgehead atoms. The molecule has 0 heterocycles. The molecule has 0 spiro atoms. The highest BCUT2D eigenvalue weighted by Crippen LogP contribution is 2.29. The molecule has 0 aromatic heterocycles. The highest BCUT2D eigenvalue weighted by atomic mass is 35.5. The Kier molecular flexibility index (Phi) is 7.02. The molecule has 0 atom stereocenters. The summed E-state index contributed by atoms with van der Waals surface area (Å²) in [7, 11) is 1.92. The Hall–Kier alpha value is -1.85. The van der Waals surface area contributed by atoms with Crippen molar-refractivity contribution in [1.82, 2.24) is 4.90 Å². The number of halogens is 2. The minimum atomic E-state index is -0.309. The van der Waals surface area contributed by atoms with Gasteiger partial charge in [-0.2, -0.15) is 0 Å². The van der Waals surface area contributed by atoms with E-state index in [2.05, 4.69) is 4.99 Å². The molecule has 0 aliphatic carbocycles. The van der Waals surface area contributed by atoms with Crippen molar-refractivity contribution in [3.8, 4) is 0 Å². The first-order valence-electron chi connectivity index (χ1n) is 7.87. The SMILES string of the molecule is CCN(C)C=Nc1cc(C)c(C(=O)CSc2cccc(F)c2)cc1Cl. The van der Waals surface area contributed by atoms with E-state index in [1.807, 2.05) is 31.9 Å². The second-order valence-corrected chi connectivity index (χ2v) is 7.06. The summed E-state index contributed by atoms with van der Waals surface area (Å²) < 4.78 is 13.2.